The first-order chi connectivity index (χ1) is 6.70. The lowest BCUT2D eigenvalue weighted by Gasteiger charge is -2.05. The van der Waals surface area contributed by atoms with E-state index < -0.39 is 0 Å². The van der Waals surface area contributed by atoms with Crippen LogP contribution >= 0.6 is 0 Å². The average molecular weight is 193 g/mol. The van der Waals surface area contributed by atoms with Gasteiger partial charge in [-0.3, -0.25) is 4.99 Å². The minimum absolute atomic E-state index is 0.106. The van der Waals surface area contributed by atoms with Crippen molar-refractivity contribution in [1.29, 1.82) is 0 Å². The first-order valence-electron chi connectivity index (χ1n) is 5.70. The molecule has 1 atom stereocenters. The molecule has 0 fully saturated rings. The van der Waals surface area contributed by atoms with Crippen LogP contribution in [0.3, 0.4) is 0 Å². The number of aliphatic imine (C=N–C) groups is 1. The summed E-state index contributed by atoms with van der Waals surface area (Å²) < 4.78 is 0. The molecule has 1 unspecified atom stereocenters. The van der Waals surface area contributed by atoms with Crippen LogP contribution in [-0.4, -0.2) is 12.3 Å². The fourth-order valence-electron chi connectivity index (χ4n) is 1.24. The SMILES string of the molecule is C#CC(CCCCCC)N=CC(C)C. The molecule has 0 aromatic rings. The molecule has 0 heterocycles. The monoisotopic (exact) mass is 193 g/mol. The summed E-state index contributed by atoms with van der Waals surface area (Å²) in [5.74, 6) is 3.24. The highest BCUT2D eigenvalue weighted by Gasteiger charge is 2.00. The third kappa shape index (κ3) is 7.86. The molecule has 14 heavy (non-hydrogen) atoms. The second kappa shape index (κ2) is 8.81. The van der Waals surface area contributed by atoms with E-state index in [1.165, 1.54) is 25.7 Å². The van der Waals surface area contributed by atoms with E-state index >= 15 is 0 Å². The molecule has 0 saturated carbocycles. The Morgan fingerprint density at radius 3 is 2.50 bits per heavy atom. The Morgan fingerprint density at radius 1 is 1.29 bits per heavy atom. The van der Waals surface area contributed by atoms with Crippen molar-refractivity contribution in [3.8, 4) is 12.3 Å². The topological polar surface area (TPSA) is 12.4 Å². The van der Waals surface area contributed by atoms with Crippen LogP contribution in [0.5, 0.6) is 0 Å². The van der Waals surface area contributed by atoms with Crippen LogP contribution in [-0.2, 0) is 0 Å². The Hall–Kier alpha value is -0.770. The Kier molecular flexibility index (Phi) is 8.33. The third-order valence-electron chi connectivity index (χ3n) is 2.09. The number of nitrogens with zero attached hydrogens (tertiary/aromatic N) is 1. The van der Waals surface area contributed by atoms with Crippen LogP contribution < -0.4 is 0 Å². The van der Waals surface area contributed by atoms with Crippen molar-refractivity contribution < 1.29 is 0 Å². The molecule has 0 bridgehead atoms. The van der Waals surface area contributed by atoms with Crippen molar-refractivity contribution in [3.05, 3.63) is 0 Å². The maximum Gasteiger partial charge on any atom is 0.110 e. The molecule has 0 aliphatic heterocycles. The first-order valence-corrected chi connectivity index (χ1v) is 5.70. The molecule has 0 aromatic carbocycles. The third-order valence-corrected chi connectivity index (χ3v) is 2.09. The van der Waals surface area contributed by atoms with Gasteiger partial charge in [0.1, 0.15) is 6.04 Å². The fraction of sp³-hybridized carbons (Fsp3) is 0.769. The van der Waals surface area contributed by atoms with E-state index in [1.807, 2.05) is 6.21 Å². The Bertz CT molecular complexity index is 186. The number of terminal acetylenes is 1. The maximum atomic E-state index is 5.41. The molecule has 0 aromatic heterocycles. The molecular formula is C13H23N. The largest absolute Gasteiger partial charge is 0.281 e. The van der Waals surface area contributed by atoms with Crippen LogP contribution in [0.15, 0.2) is 4.99 Å². The second-order valence-electron chi connectivity index (χ2n) is 4.07. The molecule has 1 heteroatoms. The van der Waals surface area contributed by atoms with E-state index in [4.69, 9.17) is 6.42 Å². The van der Waals surface area contributed by atoms with Gasteiger partial charge in [-0.05, 0) is 12.3 Å². The normalized spacial score (nSPS) is 13.4. The lowest BCUT2D eigenvalue weighted by atomic mass is 10.1. The van der Waals surface area contributed by atoms with Gasteiger partial charge < -0.3 is 0 Å². The van der Waals surface area contributed by atoms with Crippen molar-refractivity contribution in [1.82, 2.24) is 0 Å². The van der Waals surface area contributed by atoms with Crippen LogP contribution in [0.4, 0.5) is 0 Å². The minimum atomic E-state index is 0.106. The fourth-order valence-corrected chi connectivity index (χ4v) is 1.24. The maximum absolute atomic E-state index is 5.41. The summed E-state index contributed by atoms with van der Waals surface area (Å²) in [6.45, 7) is 6.46. The summed E-state index contributed by atoms with van der Waals surface area (Å²) in [5.41, 5.74) is 0. The number of rotatable bonds is 7. The quantitative estimate of drug-likeness (QED) is 0.332. The van der Waals surface area contributed by atoms with Crippen LogP contribution in [0.25, 0.3) is 0 Å². The number of hydrogen-bond acceptors (Lipinski definition) is 1. The standard InChI is InChI=1S/C13H23N/c1-5-7-8-9-10-13(6-2)14-11-12(3)4/h2,11-13H,5,7-10H2,1,3-4H3. The van der Waals surface area contributed by atoms with Gasteiger partial charge in [-0.2, -0.15) is 0 Å². The highest BCUT2D eigenvalue weighted by molar-refractivity contribution is 5.60. The van der Waals surface area contributed by atoms with E-state index in [0.29, 0.717) is 5.92 Å². The lowest BCUT2D eigenvalue weighted by Crippen LogP contribution is -2.02. The van der Waals surface area contributed by atoms with Gasteiger partial charge in [0.25, 0.3) is 0 Å². The summed E-state index contributed by atoms with van der Waals surface area (Å²) in [6.07, 6.45) is 13.5. The molecule has 0 amide bonds. The van der Waals surface area contributed by atoms with E-state index in [-0.39, 0.29) is 6.04 Å². The van der Waals surface area contributed by atoms with Crippen LogP contribution in [0.1, 0.15) is 52.9 Å². The first kappa shape index (κ1) is 13.2. The molecule has 0 rings (SSSR count). The Labute approximate surface area is 89.0 Å². The zero-order chi connectivity index (χ0) is 10.8. The zero-order valence-electron chi connectivity index (χ0n) is 9.79. The van der Waals surface area contributed by atoms with Gasteiger partial charge in [-0.15, -0.1) is 6.42 Å². The molecule has 1 nitrogen and oxygen atoms in total. The molecule has 0 saturated heterocycles. The van der Waals surface area contributed by atoms with Crippen molar-refractivity contribution in [2.45, 2.75) is 58.9 Å². The van der Waals surface area contributed by atoms with Crippen LogP contribution in [0.2, 0.25) is 0 Å². The van der Waals surface area contributed by atoms with Crippen LogP contribution in [0, 0.1) is 18.3 Å². The highest BCUT2D eigenvalue weighted by Crippen LogP contribution is 2.07. The van der Waals surface area contributed by atoms with E-state index in [2.05, 4.69) is 31.7 Å². The van der Waals surface area contributed by atoms with Gasteiger partial charge in [0, 0.05) is 6.21 Å². The van der Waals surface area contributed by atoms with Crippen molar-refractivity contribution in [2.75, 3.05) is 0 Å². The molecule has 80 valence electrons. The molecule has 0 aliphatic carbocycles. The predicted molar refractivity (Wildman–Crippen MR) is 64.7 cm³/mol. The van der Waals surface area contributed by atoms with Crippen molar-refractivity contribution in [3.63, 3.8) is 0 Å². The molecular weight excluding hydrogens is 170 g/mol. The summed E-state index contributed by atoms with van der Waals surface area (Å²) >= 11 is 0. The summed E-state index contributed by atoms with van der Waals surface area (Å²) in [6, 6.07) is 0.106. The smallest absolute Gasteiger partial charge is 0.110 e. The Morgan fingerprint density at radius 2 is 2.00 bits per heavy atom. The van der Waals surface area contributed by atoms with Crippen molar-refractivity contribution in [2.24, 2.45) is 10.9 Å². The molecule has 0 radical (unpaired) electrons. The lowest BCUT2D eigenvalue weighted by molar-refractivity contribution is 0.607. The average Bonchev–Trinajstić information content (AvgIpc) is 2.16. The van der Waals surface area contributed by atoms with Gasteiger partial charge in [-0.1, -0.05) is 52.4 Å². The number of hydrogen-bond donors (Lipinski definition) is 0. The molecule has 0 N–H and O–H groups in total. The van der Waals surface area contributed by atoms with Crippen molar-refractivity contribution >= 4 is 6.21 Å². The zero-order valence-corrected chi connectivity index (χ0v) is 9.79. The summed E-state index contributed by atoms with van der Waals surface area (Å²) in [5, 5.41) is 0. The minimum Gasteiger partial charge on any atom is -0.281 e. The van der Waals surface area contributed by atoms with E-state index in [9.17, 15) is 0 Å². The van der Waals surface area contributed by atoms with E-state index in [1.54, 1.807) is 0 Å². The van der Waals surface area contributed by atoms with Gasteiger partial charge in [0.2, 0.25) is 0 Å². The predicted octanol–water partition coefficient (Wildman–Crippen LogP) is 3.69. The Balaban J connectivity index is 3.65. The van der Waals surface area contributed by atoms with Gasteiger partial charge >= 0.3 is 0 Å². The summed E-state index contributed by atoms with van der Waals surface area (Å²) in [7, 11) is 0. The highest BCUT2D eigenvalue weighted by atomic mass is 14.8. The van der Waals surface area contributed by atoms with E-state index in [0.717, 1.165) is 6.42 Å². The second-order valence-corrected chi connectivity index (χ2v) is 4.07. The molecule has 0 spiro atoms. The van der Waals surface area contributed by atoms with Gasteiger partial charge in [-0.25, -0.2) is 0 Å². The van der Waals surface area contributed by atoms with Gasteiger partial charge in [0.15, 0.2) is 0 Å². The summed E-state index contributed by atoms with van der Waals surface area (Å²) in [4.78, 5) is 4.38. The molecule has 0 aliphatic rings. The van der Waals surface area contributed by atoms with Gasteiger partial charge in [0.05, 0.1) is 0 Å². The number of unbranched alkanes of at least 4 members (excludes halogenated alkanes) is 3.